The van der Waals surface area contributed by atoms with Gasteiger partial charge >= 0.3 is 5.76 Å². The number of rotatable bonds is 6. The summed E-state index contributed by atoms with van der Waals surface area (Å²) in [4.78, 5) is 26.5. The molecule has 0 unspecified atom stereocenters. The Morgan fingerprint density at radius 3 is 2.78 bits per heavy atom. The fourth-order valence-electron chi connectivity index (χ4n) is 4.23. The molecule has 0 spiro atoms. The number of carbonyl (C=O) groups is 1. The Kier molecular flexibility index (Phi) is 5.93. The Morgan fingerprint density at radius 1 is 1.34 bits per heavy atom. The lowest BCUT2D eigenvalue weighted by atomic mass is 10.1. The number of amides is 1. The van der Waals surface area contributed by atoms with Crippen LogP contribution in [-0.2, 0) is 27.7 Å². The minimum absolute atomic E-state index is 0.0990. The molecule has 32 heavy (non-hydrogen) atoms. The van der Waals surface area contributed by atoms with E-state index >= 15 is 0 Å². The molecule has 1 atom stereocenters. The summed E-state index contributed by atoms with van der Waals surface area (Å²) in [7, 11) is -1.32. The summed E-state index contributed by atoms with van der Waals surface area (Å²) in [5, 5.41) is 5.02. The second kappa shape index (κ2) is 8.40. The number of fused-ring (bicyclic) bond motifs is 1. The molecule has 1 amide bonds. The Hall–Kier alpha value is -2.59. The molecule has 1 aromatic carbocycles. The van der Waals surface area contributed by atoms with Gasteiger partial charge in [0.05, 0.1) is 28.8 Å². The van der Waals surface area contributed by atoms with Crippen LogP contribution in [0.5, 0.6) is 0 Å². The van der Waals surface area contributed by atoms with E-state index in [4.69, 9.17) is 16.0 Å². The molecule has 9 nitrogen and oxygen atoms in total. The zero-order valence-electron chi connectivity index (χ0n) is 18.2. The first-order valence-electron chi connectivity index (χ1n) is 10.3. The molecule has 0 N–H and O–H groups in total. The summed E-state index contributed by atoms with van der Waals surface area (Å²) in [6.45, 7) is 4.31. The van der Waals surface area contributed by atoms with Crippen molar-refractivity contribution in [3.05, 3.63) is 50.7 Å². The molecule has 1 fully saturated rings. The van der Waals surface area contributed by atoms with E-state index in [2.05, 4.69) is 5.10 Å². The number of aryl methyl sites for hydroxylation is 2. The van der Waals surface area contributed by atoms with Crippen LogP contribution < -0.4 is 5.76 Å². The van der Waals surface area contributed by atoms with E-state index in [1.165, 1.54) is 4.57 Å². The lowest BCUT2D eigenvalue weighted by molar-refractivity contribution is -0.130. The lowest BCUT2D eigenvalue weighted by Crippen LogP contribution is -2.28. The van der Waals surface area contributed by atoms with E-state index in [9.17, 15) is 18.0 Å². The van der Waals surface area contributed by atoms with E-state index < -0.39 is 15.6 Å². The van der Waals surface area contributed by atoms with Crippen LogP contribution in [0.4, 0.5) is 0 Å². The van der Waals surface area contributed by atoms with Gasteiger partial charge in [-0.2, -0.15) is 5.10 Å². The first-order chi connectivity index (χ1) is 15.1. The smallest absolute Gasteiger partial charge is 0.408 e. The maximum atomic E-state index is 12.8. The van der Waals surface area contributed by atoms with Crippen molar-refractivity contribution < 1.29 is 17.6 Å². The van der Waals surface area contributed by atoms with E-state index in [1.807, 2.05) is 13.8 Å². The molecule has 2 aromatic heterocycles. The summed E-state index contributed by atoms with van der Waals surface area (Å²) in [5.74, 6) is -0.382. The molecule has 1 aliphatic heterocycles. The minimum atomic E-state index is -3.02. The van der Waals surface area contributed by atoms with Crippen LogP contribution in [0.2, 0.25) is 5.02 Å². The summed E-state index contributed by atoms with van der Waals surface area (Å²) in [6, 6.07) is 4.77. The average Bonchev–Trinajstić information content (AvgIpc) is 3.33. The van der Waals surface area contributed by atoms with Gasteiger partial charge in [0.1, 0.15) is 0 Å². The largest absolute Gasteiger partial charge is 0.419 e. The van der Waals surface area contributed by atoms with Crippen LogP contribution in [0.3, 0.4) is 0 Å². The molecule has 0 saturated carbocycles. The fraction of sp³-hybridized carbons (Fsp3) is 0.476. The van der Waals surface area contributed by atoms with Gasteiger partial charge in [-0.25, -0.2) is 13.2 Å². The highest BCUT2D eigenvalue weighted by Crippen LogP contribution is 2.27. The number of oxazole rings is 1. The number of benzene rings is 1. The molecule has 0 radical (unpaired) electrons. The number of aromatic nitrogens is 3. The van der Waals surface area contributed by atoms with Gasteiger partial charge in [0, 0.05) is 48.9 Å². The van der Waals surface area contributed by atoms with Crippen LogP contribution in [0.15, 0.2) is 27.4 Å². The Labute approximate surface area is 190 Å². The van der Waals surface area contributed by atoms with Gasteiger partial charge in [0.25, 0.3) is 0 Å². The van der Waals surface area contributed by atoms with Gasteiger partial charge in [-0.05, 0) is 32.4 Å². The van der Waals surface area contributed by atoms with E-state index in [1.54, 1.807) is 34.8 Å². The second-order valence-electron chi connectivity index (χ2n) is 8.28. The third-order valence-corrected chi connectivity index (χ3v) is 8.02. The van der Waals surface area contributed by atoms with Crippen molar-refractivity contribution in [3.63, 3.8) is 0 Å². The van der Waals surface area contributed by atoms with Crippen molar-refractivity contribution in [1.29, 1.82) is 0 Å². The molecular formula is C21H25ClN4O5S. The van der Waals surface area contributed by atoms with Crippen molar-refractivity contribution in [3.8, 4) is 0 Å². The van der Waals surface area contributed by atoms with Crippen molar-refractivity contribution in [2.75, 3.05) is 18.6 Å². The number of halogens is 1. The average molecular weight is 481 g/mol. The highest BCUT2D eigenvalue weighted by molar-refractivity contribution is 7.91. The summed E-state index contributed by atoms with van der Waals surface area (Å²) in [5.41, 5.74) is 3.54. The molecule has 3 aromatic rings. The number of nitrogens with zero attached hydrogens (tertiary/aromatic N) is 4. The molecule has 3 heterocycles. The van der Waals surface area contributed by atoms with E-state index in [0.29, 0.717) is 29.1 Å². The van der Waals surface area contributed by atoms with Gasteiger partial charge in [-0.3, -0.25) is 14.0 Å². The Bertz CT molecular complexity index is 1350. The van der Waals surface area contributed by atoms with Crippen molar-refractivity contribution >= 4 is 38.4 Å². The van der Waals surface area contributed by atoms with Crippen LogP contribution in [0.25, 0.3) is 11.1 Å². The lowest BCUT2D eigenvalue weighted by Gasteiger charge is -2.18. The maximum absolute atomic E-state index is 12.8. The maximum Gasteiger partial charge on any atom is 0.419 e. The van der Waals surface area contributed by atoms with Crippen molar-refractivity contribution in [2.45, 2.75) is 45.8 Å². The van der Waals surface area contributed by atoms with Gasteiger partial charge in [0.15, 0.2) is 15.4 Å². The van der Waals surface area contributed by atoms with Gasteiger partial charge in [-0.1, -0.05) is 11.6 Å². The number of hydrogen-bond donors (Lipinski definition) is 0. The molecule has 1 saturated heterocycles. The zero-order valence-corrected chi connectivity index (χ0v) is 19.7. The predicted molar refractivity (Wildman–Crippen MR) is 121 cm³/mol. The molecule has 172 valence electrons. The monoisotopic (exact) mass is 480 g/mol. The normalized spacial score (nSPS) is 17.8. The van der Waals surface area contributed by atoms with Crippen LogP contribution >= 0.6 is 11.6 Å². The molecule has 4 rings (SSSR count). The van der Waals surface area contributed by atoms with Crippen molar-refractivity contribution in [1.82, 2.24) is 19.2 Å². The zero-order chi connectivity index (χ0) is 23.2. The van der Waals surface area contributed by atoms with Crippen LogP contribution in [0, 0.1) is 13.8 Å². The van der Waals surface area contributed by atoms with Gasteiger partial charge < -0.3 is 9.32 Å². The SMILES string of the molecule is Cc1nn([C@H]2CCS(=O)(=O)C2)c(C)c1CN(C)C(=O)CCn1c(=O)oc2cc(Cl)ccc21. The Balaban J connectivity index is 1.45. The van der Waals surface area contributed by atoms with E-state index in [-0.39, 0.29) is 36.4 Å². The van der Waals surface area contributed by atoms with Crippen LogP contribution in [-0.4, -0.2) is 52.1 Å². The van der Waals surface area contributed by atoms with Crippen molar-refractivity contribution in [2.24, 2.45) is 0 Å². The third kappa shape index (κ3) is 4.33. The topological polar surface area (TPSA) is 107 Å². The predicted octanol–water partition coefficient (Wildman–Crippen LogP) is 2.47. The molecule has 0 aliphatic carbocycles. The quantitative estimate of drug-likeness (QED) is 0.536. The highest BCUT2D eigenvalue weighted by Gasteiger charge is 2.31. The van der Waals surface area contributed by atoms with E-state index in [0.717, 1.165) is 17.0 Å². The molecule has 1 aliphatic rings. The standard InChI is InChI=1S/C21H25ClN4O5S/c1-13-17(14(2)26(23-13)16-7-9-32(29,30)12-16)11-24(3)20(27)6-8-25-18-5-4-15(22)10-19(18)31-21(25)28/h4-5,10,16H,6-9,11-12H2,1-3H3/t16-/m0/s1. The highest BCUT2D eigenvalue weighted by atomic mass is 35.5. The molecule has 11 heteroatoms. The summed E-state index contributed by atoms with van der Waals surface area (Å²) in [6.07, 6.45) is 0.678. The first kappa shape index (κ1) is 22.6. The van der Waals surface area contributed by atoms with Gasteiger partial charge in [-0.15, -0.1) is 0 Å². The number of carbonyl (C=O) groups excluding carboxylic acids is 1. The Morgan fingerprint density at radius 2 is 2.09 bits per heavy atom. The van der Waals surface area contributed by atoms with Crippen LogP contribution in [0.1, 0.15) is 35.8 Å². The fourth-order valence-corrected chi connectivity index (χ4v) is 6.08. The molecular weight excluding hydrogens is 456 g/mol. The number of sulfone groups is 1. The molecule has 0 bridgehead atoms. The van der Waals surface area contributed by atoms with Gasteiger partial charge in [0.2, 0.25) is 5.91 Å². The summed E-state index contributed by atoms with van der Waals surface area (Å²) >= 11 is 5.94. The first-order valence-corrected chi connectivity index (χ1v) is 12.5. The minimum Gasteiger partial charge on any atom is -0.408 e. The number of hydrogen-bond acceptors (Lipinski definition) is 6. The summed E-state index contributed by atoms with van der Waals surface area (Å²) < 4.78 is 32.1. The second-order valence-corrected chi connectivity index (χ2v) is 10.9. The third-order valence-electron chi connectivity index (χ3n) is 6.03.